The van der Waals surface area contributed by atoms with Crippen LogP contribution in [0, 0.1) is 11.3 Å². The Balaban J connectivity index is 2.01. The molecule has 0 spiro atoms. The first-order valence-electron chi connectivity index (χ1n) is 9.87. The number of hydrogen-bond acceptors (Lipinski definition) is 5. The van der Waals surface area contributed by atoms with Crippen LogP contribution >= 0.6 is 0 Å². The first-order valence-corrected chi connectivity index (χ1v) is 9.87. The van der Waals surface area contributed by atoms with E-state index in [9.17, 15) is 4.79 Å². The van der Waals surface area contributed by atoms with Crippen molar-refractivity contribution in [2.24, 2.45) is 0 Å². The molecular weight excluding hydrogens is 366 g/mol. The summed E-state index contributed by atoms with van der Waals surface area (Å²) in [5, 5.41) is 8.97. The monoisotopic (exact) mass is 395 g/mol. The average molecular weight is 396 g/mol. The molecule has 0 aromatic heterocycles. The number of amides is 1. The maximum Gasteiger partial charge on any atom is 0.241 e. The van der Waals surface area contributed by atoms with Gasteiger partial charge in [0.1, 0.15) is 11.5 Å². The summed E-state index contributed by atoms with van der Waals surface area (Å²) < 4.78 is 10.9. The third-order valence-electron chi connectivity index (χ3n) is 4.30. The summed E-state index contributed by atoms with van der Waals surface area (Å²) in [5.74, 6) is 1.56. The second-order valence-corrected chi connectivity index (χ2v) is 6.63. The number of nitrogens with zero attached hydrogens (tertiary/aromatic N) is 3. The summed E-state index contributed by atoms with van der Waals surface area (Å²) in [6.45, 7) is 6.37. The van der Waals surface area contributed by atoms with Crippen molar-refractivity contribution >= 4 is 11.6 Å². The van der Waals surface area contributed by atoms with Crippen LogP contribution in [-0.4, -0.2) is 44.2 Å². The molecule has 0 aliphatic carbocycles. The zero-order valence-corrected chi connectivity index (χ0v) is 17.4. The molecule has 0 aliphatic heterocycles. The summed E-state index contributed by atoms with van der Waals surface area (Å²) >= 11 is 0. The molecule has 0 atom stereocenters. The van der Waals surface area contributed by atoms with Gasteiger partial charge in [-0.2, -0.15) is 5.26 Å². The third-order valence-corrected chi connectivity index (χ3v) is 4.30. The highest BCUT2D eigenvalue weighted by Gasteiger charge is 2.17. The van der Waals surface area contributed by atoms with E-state index in [0.29, 0.717) is 26.3 Å². The molecule has 0 unspecified atom stereocenters. The topological polar surface area (TPSA) is 65.8 Å². The smallest absolute Gasteiger partial charge is 0.241 e. The van der Waals surface area contributed by atoms with Gasteiger partial charge in [-0.25, -0.2) is 0 Å². The van der Waals surface area contributed by atoms with Crippen molar-refractivity contribution in [1.29, 1.82) is 5.26 Å². The number of ether oxygens (including phenoxy) is 2. The molecule has 6 nitrogen and oxygen atoms in total. The summed E-state index contributed by atoms with van der Waals surface area (Å²) in [7, 11) is 1.91. The molecule has 0 radical (unpaired) electrons. The molecule has 6 heteroatoms. The van der Waals surface area contributed by atoms with Crippen molar-refractivity contribution in [3.05, 3.63) is 54.1 Å². The molecule has 2 rings (SSSR count). The largest absolute Gasteiger partial charge is 0.494 e. The van der Waals surface area contributed by atoms with Gasteiger partial charge in [0.15, 0.2) is 0 Å². The minimum atomic E-state index is -0.0437. The molecule has 0 fully saturated rings. The number of hydrogen-bond donors (Lipinski definition) is 0. The molecule has 2 aromatic carbocycles. The lowest BCUT2D eigenvalue weighted by molar-refractivity contribution is -0.119. The molecule has 0 bridgehead atoms. The van der Waals surface area contributed by atoms with Gasteiger partial charge in [-0.05, 0) is 62.9 Å². The van der Waals surface area contributed by atoms with Gasteiger partial charge in [-0.3, -0.25) is 9.69 Å². The van der Waals surface area contributed by atoms with E-state index in [2.05, 4.69) is 6.07 Å². The predicted molar refractivity (Wildman–Crippen MR) is 114 cm³/mol. The summed E-state index contributed by atoms with van der Waals surface area (Å²) in [6.07, 6.45) is 0.279. The number of benzene rings is 2. The highest BCUT2D eigenvalue weighted by molar-refractivity contribution is 5.94. The van der Waals surface area contributed by atoms with Gasteiger partial charge in [0.25, 0.3) is 0 Å². The summed E-state index contributed by atoms with van der Waals surface area (Å²) in [5.41, 5.74) is 1.87. The standard InChI is InChI=1S/C23H29N3O3/c1-4-28-21-11-7-19(8-12-21)17-25(3)18-23(27)26(16-6-15-24)20-9-13-22(14-10-20)29-5-2/h7-14H,4-6,16-18H2,1-3H3. The van der Waals surface area contributed by atoms with Crippen LogP contribution in [0.2, 0.25) is 0 Å². The molecule has 2 aromatic rings. The zero-order valence-electron chi connectivity index (χ0n) is 17.4. The van der Waals surface area contributed by atoms with E-state index in [-0.39, 0.29) is 18.9 Å². The lowest BCUT2D eigenvalue weighted by atomic mass is 10.2. The van der Waals surface area contributed by atoms with Gasteiger partial charge in [0.2, 0.25) is 5.91 Å². The third kappa shape index (κ3) is 7.13. The first kappa shape index (κ1) is 22.3. The fraction of sp³-hybridized carbons (Fsp3) is 0.391. The van der Waals surface area contributed by atoms with Crippen molar-refractivity contribution in [3.8, 4) is 17.6 Å². The number of anilines is 1. The van der Waals surface area contributed by atoms with E-state index in [4.69, 9.17) is 14.7 Å². The fourth-order valence-corrected chi connectivity index (χ4v) is 2.99. The Kier molecular flexibility index (Phi) is 9.00. The molecule has 154 valence electrons. The van der Waals surface area contributed by atoms with E-state index in [1.807, 2.05) is 74.3 Å². The van der Waals surface area contributed by atoms with Gasteiger partial charge in [-0.15, -0.1) is 0 Å². The summed E-state index contributed by atoms with van der Waals surface area (Å²) in [6, 6.07) is 17.4. The van der Waals surface area contributed by atoms with Crippen LogP contribution in [0.5, 0.6) is 11.5 Å². The van der Waals surface area contributed by atoms with Crippen LogP contribution in [0.25, 0.3) is 0 Å². The Bertz CT molecular complexity index is 798. The van der Waals surface area contributed by atoms with Gasteiger partial charge < -0.3 is 14.4 Å². The van der Waals surface area contributed by atoms with Gasteiger partial charge >= 0.3 is 0 Å². The van der Waals surface area contributed by atoms with Gasteiger partial charge in [0, 0.05) is 18.8 Å². The maximum atomic E-state index is 12.9. The minimum Gasteiger partial charge on any atom is -0.494 e. The zero-order chi connectivity index (χ0) is 21.1. The van der Waals surface area contributed by atoms with Crippen LogP contribution in [0.15, 0.2) is 48.5 Å². The van der Waals surface area contributed by atoms with Crippen LogP contribution in [0.1, 0.15) is 25.8 Å². The Morgan fingerprint density at radius 1 is 0.966 bits per heavy atom. The van der Waals surface area contributed by atoms with Crippen molar-refractivity contribution < 1.29 is 14.3 Å². The van der Waals surface area contributed by atoms with E-state index in [1.165, 1.54) is 0 Å². The highest BCUT2D eigenvalue weighted by atomic mass is 16.5. The van der Waals surface area contributed by atoms with Crippen molar-refractivity contribution in [2.75, 3.05) is 38.3 Å². The second kappa shape index (κ2) is 11.7. The molecule has 0 saturated heterocycles. The number of rotatable bonds is 11. The number of carbonyl (C=O) groups excluding carboxylic acids is 1. The quantitative estimate of drug-likeness (QED) is 0.578. The Morgan fingerprint density at radius 3 is 2.03 bits per heavy atom. The molecule has 0 aliphatic rings. The molecule has 0 heterocycles. The number of nitriles is 1. The van der Waals surface area contributed by atoms with E-state index < -0.39 is 0 Å². The van der Waals surface area contributed by atoms with Crippen molar-refractivity contribution in [3.63, 3.8) is 0 Å². The van der Waals surface area contributed by atoms with E-state index in [0.717, 1.165) is 22.7 Å². The predicted octanol–water partition coefficient (Wildman–Crippen LogP) is 3.86. The molecule has 0 saturated carbocycles. The van der Waals surface area contributed by atoms with Crippen molar-refractivity contribution in [2.45, 2.75) is 26.8 Å². The maximum absolute atomic E-state index is 12.9. The van der Waals surface area contributed by atoms with E-state index in [1.54, 1.807) is 4.90 Å². The number of likely N-dealkylation sites (N-methyl/N-ethyl adjacent to an activating group) is 1. The summed E-state index contributed by atoms with van der Waals surface area (Å²) in [4.78, 5) is 16.5. The fourth-order valence-electron chi connectivity index (χ4n) is 2.99. The highest BCUT2D eigenvalue weighted by Crippen LogP contribution is 2.20. The first-order chi connectivity index (χ1) is 14.1. The van der Waals surface area contributed by atoms with Crippen LogP contribution < -0.4 is 14.4 Å². The van der Waals surface area contributed by atoms with Gasteiger partial charge in [0.05, 0.1) is 32.2 Å². The lowest BCUT2D eigenvalue weighted by Crippen LogP contribution is -2.39. The van der Waals surface area contributed by atoms with Crippen LogP contribution in [0.4, 0.5) is 5.69 Å². The molecule has 0 N–H and O–H groups in total. The normalized spacial score (nSPS) is 10.4. The SMILES string of the molecule is CCOc1ccc(CN(C)CC(=O)N(CCC#N)c2ccc(OCC)cc2)cc1. The molecular formula is C23H29N3O3. The lowest BCUT2D eigenvalue weighted by Gasteiger charge is -2.25. The van der Waals surface area contributed by atoms with Crippen LogP contribution in [-0.2, 0) is 11.3 Å². The molecule has 1 amide bonds. The Hall–Kier alpha value is -3.04. The van der Waals surface area contributed by atoms with E-state index >= 15 is 0 Å². The second-order valence-electron chi connectivity index (χ2n) is 6.63. The van der Waals surface area contributed by atoms with Gasteiger partial charge in [-0.1, -0.05) is 12.1 Å². The minimum absolute atomic E-state index is 0.0437. The Morgan fingerprint density at radius 2 is 1.52 bits per heavy atom. The average Bonchev–Trinajstić information content (AvgIpc) is 2.71. The van der Waals surface area contributed by atoms with Crippen molar-refractivity contribution in [1.82, 2.24) is 4.90 Å². The number of carbonyl (C=O) groups is 1. The van der Waals surface area contributed by atoms with Crippen LogP contribution in [0.3, 0.4) is 0 Å². The molecule has 29 heavy (non-hydrogen) atoms. The Labute approximate surface area is 173 Å².